The maximum Gasteiger partial charge on any atom is 0.267 e. The van der Waals surface area contributed by atoms with E-state index in [0.29, 0.717) is 18.3 Å². The van der Waals surface area contributed by atoms with Gasteiger partial charge in [0.05, 0.1) is 18.1 Å². The summed E-state index contributed by atoms with van der Waals surface area (Å²) in [7, 11) is 0. The van der Waals surface area contributed by atoms with Gasteiger partial charge in [-0.25, -0.2) is 15.3 Å². The van der Waals surface area contributed by atoms with Crippen LogP contribution >= 0.6 is 0 Å². The van der Waals surface area contributed by atoms with Crippen LogP contribution in [0.15, 0.2) is 18.5 Å². The molecule has 1 saturated carbocycles. The molecule has 2 N–H and O–H groups in total. The number of carbonyl (C=O) groups excluding carboxylic acids is 1. The highest BCUT2D eigenvalue weighted by Gasteiger charge is 2.26. The minimum Gasteiger partial charge on any atom is -0.365 e. The van der Waals surface area contributed by atoms with Gasteiger partial charge in [0.25, 0.3) is 5.91 Å². The molecule has 1 unspecified atom stereocenters. The molecule has 1 aliphatic carbocycles. The Morgan fingerprint density at radius 3 is 2.62 bits per heavy atom. The molecule has 1 amide bonds. The van der Waals surface area contributed by atoms with Gasteiger partial charge in [0.2, 0.25) is 0 Å². The molecule has 0 radical (unpaired) electrons. The fraction of sp³-hybridized carbons (Fsp3) is 0.708. The van der Waals surface area contributed by atoms with Gasteiger partial charge in [0.15, 0.2) is 6.29 Å². The number of nitrogens with zero attached hydrogens (tertiary/aromatic N) is 3. The van der Waals surface area contributed by atoms with E-state index >= 15 is 0 Å². The van der Waals surface area contributed by atoms with Gasteiger partial charge in [-0.2, -0.15) is 0 Å². The standard InChI is InChI=1S/C24H37N5O3/c30-23(28-32-24-11-5-6-15-31-24)13-12-19-16-26-22(17-25-19)27-20-8-7-14-29(18-20)21-9-3-1-2-4-10-21/h12-13,16-17,20-21,24H,1-11,14-15,18H2,(H,26,27)(H,28,30)/b13-12+/t20-,24?/m1/s1. The molecule has 8 heteroatoms. The van der Waals surface area contributed by atoms with E-state index in [9.17, 15) is 4.79 Å². The van der Waals surface area contributed by atoms with Crippen LogP contribution in [0, 0.1) is 0 Å². The Morgan fingerprint density at radius 1 is 1.03 bits per heavy atom. The second-order valence-corrected chi connectivity index (χ2v) is 9.16. The van der Waals surface area contributed by atoms with Crippen LogP contribution < -0.4 is 10.8 Å². The van der Waals surface area contributed by atoms with Gasteiger partial charge in [-0.3, -0.25) is 14.7 Å². The van der Waals surface area contributed by atoms with E-state index in [1.165, 1.54) is 57.6 Å². The predicted octanol–water partition coefficient (Wildman–Crippen LogP) is 3.66. The molecule has 8 nitrogen and oxygen atoms in total. The van der Waals surface area contributed by atoms with Crippen LogP contribution in [0.1, 0.15) is 76.3 Å². The number of nitrogens with one attached hydrogen (secondary N) is 2. The minimum atomic E-state index is -0.357. The summed E-state index contributed by atoms with van der Waals surface area (Å²) in [5.74, 6) is 0.445. The Morgan fingerprint density at radius 2 is 1.88 bits per heavy atom. The summed E-state index contributed by atoms with van der Waals surface area (Å²) >= 11 is 0. The van der Waals surface area contributed by atoms with Gasteiger partial charge in [-0.15, -0.1) is 0 Å². The Balaban J connectivity index is 1.21. The van der Waals surface area contributed by atoms with E-state index in [1.54, 1.807) is 18.5 Å². The fourth-order valence-corrected chi connectivity index (χ4v) is 4.91. The lowest BCUT2D eigenvalue weighted by atomic mass is 10.00. The Hall–Kier alpha value is -2.03. The lowest BCUT2D eigenvalue weighted by molar-refractivity contribution is -0.198. The average Bonchev–Trinajstić information content (AvgIpc) is 3.13. The predicted molar refractivity (Wildman–Crippen MR) is 124 cm³/mol. The van der Waals surface area contributed by atoms with Crippen LogP contribution in [0.3, 0.4) is 0 Å². The number of carbonyl (C=O) groups is 1. The monoisotopic (exact) mass is 443 g/mol. The summed E-state index contributed by atoms with van der Waals surface area (Å²) in [4.78, 5) is 28.8. The molecule has 4 rings (SSSR count). The van der Waals surface area contributed by atoms with Crippen molar-refractivity contribution < 1.29 is 14.4 Å². The normalized spacial score (nSPS) is 26.0. The summed E-state index contributed by atoms with van der Waals surface area (Å²) in [5.41, 5.74) is 3.04. The molecule has 2 atom stereocenters. The van der Waals surface area contributed by atoms with E-state index in [4.69, 9.17) is 9.57 Å². The fourth-order valence-electron chi connectivity index (χ4n) is 4.91. The smallest absolute Gasteiger partial charge is 0.267 e. The number of piperidine rings is 1. The summed E-state index contributed by atoms with van der Waals surface area (Å²) in [6.07, 6.45) is 19.6. The molecule has 0 spiro atoms. The van der Waals surface area contributed by atoms with Crippen molar-refractivity contribution in [2.24, 2.45) is 0 Å². The first-order chi connectivity index (χ1) is 15.8. The van der Waals surface area contributed by atoms with Crippen molar-refractivity contribution in [2.45, 2.75) is 89.0 Å². The Labute approximate surface area is 191 Å². The maximum absolute atomic E-state index is 11.9. The first-order valence-electron chi connectivity index (χ1n) is 12.3. The molecule has 2 saturated heterocycles. The van der Waals surface area contributed by atoms with Crippen LogP contribution in [0.2, 0.25) is 0 Å². The number of amides is 1. The Bertz CT molecular complexity index is 728. The van der Waals surface area contributed by atoms with Gasteiger partial charge >= 0.3 is 0 Å². The second-order valence-electron chi connectivity index (χ2n) is 9.16. The zero-order valence-electron chi connectivity index (χ0n) is 19.0. The van der Waals surface area contributed by atoms with E-state index in [1.807, 2.05) is 0 Å². The highest BCUT2D eigenvalue weighted by atomic mass is 16.8. The molecule has 1 aromatic heterocycles. The first-order valence-corrected chi connectivity index (χ1v) is 12.3. The van der Waals surface area contributed by atoms with Crippen LogP contribution in [-0.4, -0.2) is 58.8 Å². The lowest BCUT2D eigenvalue weighted by Gasteiger charge is -2.38. The van der Waals surface area contributed by atoms with Crippen LogP contribution in [0.4, 0.5) is 5.82 Å². The number of hydroxylamine groups is 1. The third-order valence-corrected chi connectivity index (χ3v) is 6.65. The van der Waals surface area contributed by atoms with Gasteiger partial charge < -0.3 is 10.1 Å². The van der Waals surface area contributed by atoms with Crippen molar-refractivity contribution in [3.05, 3.63) is 24.2 Å². The van der Waals surface area contributed by atoms with Crippen LogP contribution in [0.25, 0.3) is 6.08 Å². The number of aromatic nitrogens is 2. The van der Waals surface area contributed by atoms with E-state index in [-0.39, 0.29) is 12.2 Å². The number of hydrogen-bond donors (Lipinski definition) is 2. The van der Waals surface area contributed by atoms with E-state index < -0.39 is 0 Å². The van der Waals surface area contributed by atoms with Gasteiger partial charge in [-0.1, -0.05) is 25.7 Å². The van der Waals surface area contributed by atoms with Crippen molar-refractivity contribution in [3.8, 4) is 0 Å². The molecular formula is C24H37N5O3. The van der Waals surface area contributed by atoms with Crippen LogP contribution in [0.5, 0.6) is 0 Å². The summed E-state index contributed by atoms with van der Waals surface area (Å²) < 4.78 is 5.42. The molecule has 3 aliphatic rings. The molecule has 3 fully saturated rings. The van der Waals surface area contributed by atoms with Crippen molar-refractivity contribution in [1.82, 2.24) is 20.3 Å². The number of likely N-dealkylation sites (tertiary alicyclic amines) is 1. The van der Waals surface area contributed by atoms with Gasteiger partial charge in [0.1, 0.15) is 5.82 Å². The molecule has 1 aromatic rings. The van der Waals surface area contributed by atoms with Gasteiger partial charge in [0, 0.05) is 37.7 Å². The van der Waals surface area contributed by atoms with Crippen LogP contribution in [-0.2, 0) is 14.4 Å². The maximum atomic E-state index is 11.9. The zero-order chi connectivity index (χ0) is 22.0. The zero-order valence-corrected chi connectivity index (χ0v) is 19.0. The number of anilines is 1. The third kappa shape index (κ3) is 7.25. The summed E-state index contributed by atoms with van der Waals surface area (Å²) in [6, 6.07) is 1.16. The average molecular weight is 444 g/mol. The highest BCUT2D eigenvalue weighted by Crippen LogP contribution is 2.25. The summed E-state index contributed by atoms with van der Waals surface area (Å²) in [5, 5.41) is 3.56. The number of rotatable bonds is 7. The van der Waals surface area contributed by atoms with Crippen molar-refractivity contribution in [2.75, 3.05) is 25.0 Å². The van der Waals surface area contributed by atoms with Crippen molar-refractivity contribution >= 4 is 17.8 Å². The molecule has 3 heterocycles. The van der Waals surface area contributed by atoms with Gasteiger partial charge in [-0.05, 0) is 51.1 Å². The molecule has 176 valence electrons. The minimum absolute atomic E-state index is 0.344. The molecule has 0 bridgehead atoms. The lowest BCUT2D eigenvalue weighted by Crippen LogP contribution is -2.47. The largest absolute Gasteiger partial charge is 0.365 e. The number of hydrogen-bond acceptors (Lipinski definition) is 7. The van der Waals surface area contributed by atoms with Crippen molar-refractivity contribution in [3.63, 3.8) is 0 Å². The van der Waals surface area contributed by atoms with Crippen molar-refractivity contribution in [1.29, 1.82) is 0 Å². The Kier molecular flexibility index (Phi) is 8.88. The quantitative estimate of drug-likeness (QED) is 0.378. The molecule has 0 aromatic carbocycles. The summed E-state index contributed by atoms with van der Waals surface area (Å²) in [6.45, 7) is 2.97. The molecular weight excluding hydrogens is 406 g/mol. The SMILES string of the molecule is O=C(/C=C/c1cnc(N[C@@H]2CCCN(C3CCCCCC3)C2)cn1)NOC1CCCCO1. The van der Waals surface area contributed by atoms with E-state index in [0.717, 1.165) is 44.1 Å². The number of ether oxygens (including phenoxy) is 1. The third-order valence-electron chi connectivity index (χ3n) is 6.65. The molecule has 32 heavy (non-hydrogen) atoms. The second kappa shape index (κ2) is 12.3. The molecule has 2 aliphatic heterocycles. The highest BCUT2D eigenvalue weighted by molar-refractivity contribution is 5.90. The topological polar surface area (TPSA) is 88.6 Å². The van der Waals surface area contributed by atoms with E-state index in [2.05, 4.69) is 25.7 Å². The first kappa shape index (κ1) is 23.1.